The van der Waals surface area contributed by atoms with E-state index in [0.717, 1.165) is 0 Å². The monoisotopic (exact) mass is 384 g/mol. The van der Waals surface area contributed by atoms with Crippen molar-refractivity contribution in [3.05, 3.63) is 96.6 Å². The number of carbonyl (C=O) groups is 3. The van der Waals surface area contributed by atoms with Crippen LogP contribution in [0.25, 0.3) is 0 Å². The number of para-hydroxylation sites is 2. The van der Waals surface area contributed by atoms with E-state index >= 15 is 0 Å². The number of hydrogen-bond acceptors (Lipinski definition) is 3. The summed E-state index contributed by atoms with van der Waals surface area (Å²) in [4.78, 5) is 38.9. The Hall–Kier alpha value is -3.73. The molecule has 4 rings (SSSR count). The van der Waals surface area contributed by atoms with E-state index in [1.165, 1.54) is 10.0 Å². The maximum absolute atomic E-state index is 13.2. The molecular formula is C24H20N2O3. The smallest absolute Gasteiger partial charge is 0.258 e. The van der Waals surface area contributed by atoms with E-state index in [-0.39, 0.29) is 30.4 Å². The zero-order valence-electron chi connectivity index (χ0n) is 15.8. The van der Waals surface area contributed by atoms with Crippen molar-refractivity contribution in [3.8, 4) is 0 Å². The Morgan fingerprint density at radius 3 is 1.52 bits per heavy atom. The number of amides is 2. The molecule has 0 radical (unpaired) electrons. The summed E-state index contributed by atoms with van der Waals surface area (Å²) in [5, 5.41) is 2.82. The van der Waals surface area contributed by atoms with E-state index in [4.69, 9.17) is 0 Å². The van der Waals surface area contributed by atoms with Crippen molar-refractivity contribution in [3.63, 3.8) is 0 Å². The lowest BCUT2D eigenvalue weighted by Gasteiger charge is -2.27. The zero-order valence-corrected chi connectivity index (χ0v) is 15.8. The molecule has 3 aromatic carbocycles. The third-order valence-corrected chi connectivity index (χ3v) is 4.97. The van der Waals surface area contributed by atoms with Crippen LogP contribution in [0.5, 0.6) is 0 Å². The molecule has 1 saturated heterocycles. The molecule has 1 aliphatic heterocycles. The number of anilines is 2. The standard InChI is InChI=1S/C24H20N2O3/c27-22(18-10-4-1-5-11-18)17-16-21-23(28)25(19-12-6-2-7-13-19)26(24(21)29)20-14-8-3-9-15-20/h1-15,21H,16-17H2. The normalized spacial score (nSPS) is 14.5. The van der Waals surface area contributed by atoms with E-state index < -0.39 is 5.92 Å². The molecule has 0 unspecified atom stereocenters. The lowest BCUT2D eigenvalue weighted by atomic mass is 9.98. The van der Waals surface area contributed by atoms with Gasteiger partial charge < -0.3 is 0 Å². The van der Waals surface area contributed by atoms with Crippen LogP contribution in [0.4, 0.5) is 11.4 Å². The van der Waals surface area contributed by atoms with E-state index in [2.05, 4.69) is 0 Å². The molecule has 1 fully saturated rings. The van der Waals surface area contributed by atoms with Gasteiger partial charge in [-0.25, -0.2) is 10.0 Å². The molecule has 0 aliphatic carbocycles. The first-order chi connectivity index (χ1) is 14.2. The Morgan fingerprint density at radius 1 is 0.655 bits per heavy atom. The van der Waals surface area contributed by atoms with Crippen molar-refractivity contribution in [1.82, 2.24) is 0 Å². The second kappa shape index (κ2) is 8.10. The number of ketones is 1. The highest BCUT2D eigenvalue weighted by Gasteiger charge is 2.46. The third-order valence-electron chi connectivity index (χ3n) is 4.97. The molecule has 5 nitrogen and oxygen atoms in total. The molecule has 5 heteroatoms. The number of benzene rings is 3. The van der Waals surface area contributed by atoms with Gasteiger partial charge in [0.2, 0.25) is 0 Å². The summed E-state index contributed by atoms with van der Waals surface area (Å²) in [7, 11) is 0. The van der Waals surface area contributed by atoms with Gasteiger partial charge in [0, 0.05) is 12.0 Å². The summed E-state index contributed by atoms with van der Waals surface area (Å²) in [6, 6.07) is 27.1. The first-order valence-corrected chi connectivity index (χ1v) is 9.53. The second-order valence-corrected chi connectivity index (χ2v) is 6.85. The van der Waals surface area contributed by atoms with Crippen LogP contribution in [0.2, 0.25) is 0 Å². The van der Waals surface area contributed by atoms with E-state index in [0.29, 0.717) is 16.9 Å². The van der Waals surface area contributed by atoms with Gasteiger partial charge in [-0.1, -0.05) is 66.7 Å². The average Bonchev–Trinajstić information content (AvgIpc) is 3.03. The molecule has 0 aromatic heterocycles. The molecule has 144 valence electrons. The highest BCUT2D eigenvalue weighted by Crippen LogP contribution is 2.33. The van der Waals surface area contributed by atoms with Gasteiger partial charge in [-0.15, -0.1) is 0 Å². The molecular weight excluding hydrogens is 364 g/mol. The summed E-state index contributed by atoms with van der Waals surface area (Å²) >= 11 is 0. The fraction of sp³-hybridized carbons (Fsp3) is 0.125. The van der Waals surface area contributed by atoms with Crippen LogP contribution in [-0.4, -0.2) is 17.6 Å². The fourth-order valence-corrected chi connectivity index (χ4v) is 3.51. The van der Waals surface area contributed by atoms with Crippen molar-refractivity contribution in [1.29, 1.82) is 0 Å². The Kier molecular flexibility index (Phi) is 5.20. The molecule has 1 aliphatic rings. The van der Waals surface area contributed by atoms with Gasteiger partial charge in [0.15, 0.2) is 5.78 Å². The molecule has 3 aromatic rings. The SMILES string of the molecule is O=C(CCC1C(=O)N(c2ccccc2)N(c2ccccc2)C1=O)c1ccccc1. The van der Waals surface area contributed by atoms with Crippen LogP contribution < -0.4 is 10.0 Å². The Labute approximate surface area is 169 Å². The molecule has 0 saturated carbocycles. The van der Waals surface area contributed by atoms with Gasteiger partial charge >= 0.3 is 0 Å². The van der Waals surface area contributed by atoms with E-state index in [1.807, 2.05) is 42.5 Å². The van der Waals surface area contributed by atoms with Gasteiger partial charge in [0.25, 0.3) is 11.8 Å². The Bertz CT molecular complexity index is 962. The van der Waals surface area contributed by atoms with Crippen LogP contribution in [0.3, 0.4) is 0 Å². The Balaban J connectivity index is 1.61. The van der Waals surface area contributed by atoms with Crippen LogP contribution in [0, 0.1) is 5.92 Å². The van der Waals surface area contributed by atoms with E-state index in [9.17, 15) is 14.4 Å². The molecule has 0 atom stereocenters. The second-order valence-electron chi connectivity index (χ2n) is 6.85. The number of nitrogens with zero attached hydrogens (tertiary/aromatic N) is 2. The largest absolute Gasteiger partial charge is 0.294 e. The fourth-order valence-electron chi connectivity index (χ4n) is 3.51. The predicted octanol–water partition coefficient (Wildman–Crippen LogP) is 4.26. The van der Waals surface area contributed by atoms with Crippen LogP contribution in [-0.2, 0) is 9.59 Å². The first-order valence-electron chi connectivity index (χ1n) is 9.53. The van der Waals surface area contributed by atoms with Gasteiger partial charge in [-0.05, 0) is 30.7 Å². The highest BCUT2D eigenvalue weighted by atomic mass is 16.2. The predicted molar refractivity (Wildman–Crippen MR) is 111 cm³/mol. The van der Waals surface area contributed by atoms with E-state index in [1.54, 1.807) is 48.5 Å². The first kappa shape index (κ1) is 18.6. The van der Waals surface area contributed by atoms with Crippen molar-refractivity contribution in [2.45, 2.75) is 12.8 Å². The minimum Gasteiger partial charge on any atom is -0.294 e. The van der Waals surface area contributed by atoms with Crippen LogP contribution in [0.1, 0.15) is 23.2 Å². The minimum atomic E-state index is -0.886. The van der Waals surface area contributed by atoms with Gasteiger partial charge in [-0.2, -0.15) is 0 Å². The quantitative estimate of drug-likeness (QED) is 0.471. The summed E-state index contributed by atoms with van der Waals surface area (Å²) in [6.07, 6.45) is 0.315. The third kappa shape index (κ3) is 3.67. The maximum Gasteiger partial charge on any atom is 0.258 e. The molecule has 2 amide bonds. The van der Waals surface area contributed by atoms with Crippen LogP contribution >= 0.6 is 0 Å². The maximum atomic E-state index is 13.2. The number of Topliss-reactive ketones (excluding diaryl/α,β-unsaturated/α-hetero) is 1. The van der Waals surface area contributed by atoms with Gasteiger partial charge in [0.05, 0.1) is 11.4 Å². The van der Waals surface area contributed by atoms with Crippen molar-refractivity contribution in [2.75, 3.05) is 10.0 Å². The molecule has 1 heterocycles. The number of carbonyl (C=O) groups excluding carboxylic acids is 3. The molecule has 0 spiro atoms. The average molecular weight is 384 g/mol. The van der Waals surface area contributed by atoms with Gasteiger partial charge in [0.1, 0.15) is 5.92 Å². The number of hydrogen-bond donors (Lipinski definition) is 0. The highest BCUT2D eigenvalue weighted by molar-refractivity contribution is 6.23. The lowest BCUT2D eigenvalue weighted by molar-refractivity contribution is -0.127. The summed E-state index contributed by atoms with van der Waals surface area (Å²) in [5.41, 5.74) is 1.82. The van der Waals surface area contributed by atoms with Crippen LogP contribution in [0.15, 0.2) is 91.0 Å². The lowest BCUT2D eigenvalue weighted by Crippen LogP contribution is -2.41. The van der Waals surface area contributed by atoms with Crippen molar-refractivity contribution < 1.29 is 14.4 Å². The van der Waals surface area contributed by atoms with Crippen molar-refractivity contribution >= 4 is 29.0 Å². The van der Waals surface area contributed by atoms with Gasteiger partial charge in [-0.3, -0.25) is 14.4 Å². The zero-order chi connectivity index (χ0) is 20.2. The number of rotatable bonds is 6. The minimum absolute atomic E-state index is 0.0735. The molecule has 0 N–H and O–H groups in total. The summed E-state index contributed by atoms with van der Waals surface area (Å²) in [6.45, 7) is 0. The molecule has 0 bridgehead atoms. The summed E-state index contributed by atoms with van der Waals surface area (Å²) < 4.78 is 0. The number of hydrazine groups is 1. The topological polar surface area (TPSA) is 57.7 Å². The molecule has 29 heavy (non-hydrogen) atoms. The Morgan fingerprint density at radius 2 is 1.07 bits per heavy atom. The van der Waals surface area contributed by atoms with Crippen molar-refractivity contribution in [2.24, 2.45) is 5.92 Å². The summed E-state index contributed by atoms with van der Waals surface area (Å²) in [5.74, 6) is -1.59.